The number of methoxy groups -OCH3 is 1. The summed E-state index contributed by atoms with van der Waals surface area (Å²) in [7, 11) is 1.77. The lowest BCUT2D eigenvalue weighted by molar-refractivity contribution is 0.159. The lowest BCUT2D eigenvalue weighted by Gasteiger charge is -2.40. The average Bonchev–Trinajstić information content (AvgIpc) is 2.53. The Morgan fingerprint density at radius 1 is 1.43 bits per heavy atom. The number of hydrogen-bond acceptors (Lipinski definition) is 2. The van der Waals surface area contributed by atoms with Crippen molar-refractivity contribution >= 4 is 0 Å². The second-order valence-electron chi connectivity index (χ2n) is 4.50. The van der Waals surface area contributed by atoms with Crippen molar-refractivity contribution in [3.05, 3.63) is 12.2 Å². The van der Waals surface area contributed by atoms with Crippen LogP contribution in [0, 0.1) is 11.8 Å². The van der Waals surface area contributed by atoms with Crippen LogP contribution in [0.2, 0.25) is 0 Å². The number of allylic oxidation sites excluding steroid dienone is 1. The summed E-state index contributed by atoms with van der Waals surface area (Å²) < 4.78 is 5.02. The number of ether oxygens (including phenoxy) is 1. The van der Waals surface area contributed by atoms with Gasteiger partial charge in [-0.25, -0.2) is 0 Å². The van der Waals surface area contributed by atoms with E-state index in [0.717, 1.165) is 31.0 Å². The smallest absolute Gasteiger partial charge is 0.0462 e. The molecule has 0 aromatic carbocycles. The fourth-order valence-corrected chi connectivity index (χ4v) is 2.61. The molecule has 2 nitrogen and oxygen atoms in total. The second kappa shape index (κ2) is 4.94. The molecule has 2 heteroatoms. The Bertz CT molecular complexity index is 202. The van der Waals surface area contributed by atoms with Gasteiger partial charge in [0, 0.05) is 19.8 Å². The Hall–Kier alpha value is -0.340. The van der Waals surface area contributed by atoms with Gasteiger partial charge in [-0.3, -0.25) is 0 Å². The summed E-state index contributed by atoms with van der Waals surface area (Å²) in [5.41, 5.74) is 0. The molecule has 80 valence electrons. The zero-order chi connectivity index (χ0) is 9.80. The first kappa shape index (κ1) is 10.2. The Morgan fingerprint density at radius 3 is 3.14 bits per heavy atom. The predicted octanol–water partition coefficient (Wildman–Crippen LogP) is 1.97. The largest absolute Gasteiger partial charge is 0.385 e. The molecule has 0 aromatic heterocycles. The van der Waals surface area contributed by atoms with Crippen LogP contribution in [0.1, 0.15) is 25.7 Å². The lowest BCUT2D eigenvalue weighted by atomic mass is 9.71. The van der Waals surface area contributed by atoms with E-state index in [-0.39, 0.29) is 0 Å². The Balaban J connectivity index is 1.52. The quantitative estimate of drug-likeness (QED) is 0.517. The van der Waals surface area contributed by atoms with Gasteiger partial charge in [0.1, 0.15) is 0 Å². The van der Waals surface area contributed by atoms with E-state index in [1.54, 1.807) is 7.11 Å². The number of fused-ring (bicyclic) bond motifs is 1. The van der Waals surface area contributed by atoms with E-state index in [0.29, 0.717) is 0 Å². The normalized spacial score (nSPS) is 34.2. The highest BCUT2D eigenvalue weighted by atomic mass is 16.5. The topological polar surface area (TPSA) is 21.3 Å². The third-order valence-corrected chi connectivity index (χ3v) is 3.54. The van der Waals surface area contributed by atoms with Gasteiger partial charge in [-0.05, 0) is 44.1 Å². The van der Waals surface area contributed by atoms with Crippen molar-refractivity contribution in [1.82, 2.24) is 5.32 Å². The number of unbranched alkanes of at least 4 members (excludes halogenated alkanes) is 1. The van der Waals surface area contributed by atoms with Gasteiger partial charge in [-0.1, -0.05) is 12.2 Å². The molecule has 3 unspecified atom stereocenters. The van der Waals surface area contributed by atoms with Crippen LogP contribution < -0.4 is 5.32 Å². The molecule has 2 aliphatic rings. The van der Waals surface area contributed by atoms with Gasteiger partial charge in [0.2, 0.25) is 0 Å². The van der Waals surface area contributed by atoms with E-state index in [1.165, 1.54) is 25.7 Å². The first-order valence-corrected chi connectivity index (χ1v) is 5.81. The highest BCUT2D eigenvalue weighted by Gasteiger charge is 2.40. The molecule has 2 aliphatic carbocycles. The van der Waals surface area contributed by atoms with Gasteiger partial charge < -0.3 is 10.1 Å². The molecule has 0 heterocycles. The van der Waals surface area contributed by atoms with Gasteiger partial charge in [-0.15, -0.1) is 0 Å². The molecule has 1 N–H and O–H groups in total. The SMILES string of the molecule is COCCCCNC1CC2CC=CC21. The summed E-state index contributed by atoms with van der Waals surface area (Å²) in [6.07, 6.45) is 9.89. The third-order valence-electron chi connectivity index (χ3n) is 3.54. The van der Waals surface area contributed by atoms with Crippen molar-refractivity contribution in [1.29, 1.82) is 0 Å². The van der Waals surface area contributed by atoms with Gasteiger partial charge in [-0.2, -0.15) is 0 Å². The minimum atomic E-state index is 0.779. The molecule has 0 aliphatic heterocycles. The van der Waals surface area contributed by atoms with E-state index in [4.69, 9.17) is 4.74 Å². The first-order valence-electron chi connectivity index (χ1n) is 5.81. The monoisotopic (exact) mass is 195 g/mol. The molecule has 0 bridgehead atoms. The van der Waals surface area contributed by atoms with Crippen LogP contribution in [-0.4, -0.2) is 26.3 Å². The summed E-state index contributed by atoms with van der Waals surface area (Å²) in [6, 6.07) is 0.779. The molecular weight excluding hydrogens is 174 g/mol. The molecule has 3 atom stereocenters. The van der Waals surface area contributed by atoms with E-state index < -0.39 is 0 Å². The van der Waals surface area contributed by atoms with Crippen molar-refractivity contribution in [2.45, 2.75) is 31.7 Å². The summed E-state index contributed by atoms with van der Waals surface area (Å²) in [5.74, 6) is 1.84. The van der Waals surface area contributed by atoms with Crippen LogP contribution in [0.5, 0.6) is 0 Å². The molecule has 0 aromatic rings. The van der Waals surface area contributed by atoms with Crippen LogP contribution in [0.15, 0.2) is 12.2 Å². The number of hydrogen-bond donors (Lipinski definition) is 1. The van der Waals surface area contributed by atoms with Crippen LogP contribution >= 0.6 is 0 Å². The number of rotatable bonds is 6. The van der Waals surface area contributed by atoms with Crippen molar-refractivity contribution < 1.29 is 4.74 Å². The van der Waals surface area contributed by atoms with Crippen molar-refractivity contribution in [2.75, 3.05) is 20.3 Å². The number of nitrogens with one attached hydrogen (secondary N) is 1. The van der Waals surface area contributed by atoms with Crippen LogP contribution in [0.4, 0.5) is 0 Å². The maximum atomic E-state index is 5.02. The first-order chi connectivity index (χ1) is 6.92. The molecule has 14 heavy (non-hydrogen) atoms. The van der Waals surface area contributed by atoms with Crippen molar-refractivity contribution in [2.24, 2.45) is 11.8 Å². The Morgan fingerprint density at radius 2 is 2.36 bits per heavy atom. The van der Waals surface area contributed by atoms with Gasteiger partial charge in [0.15, 0.2) is 0 Å². The molecule has 0 spiro atoms. The highest BCUT2D eigenvalue weighted by molar-refractivity contribution is 5.12. The predicted molar refractivity (Wildman–Crippen MR) is 58.3 cm³/mol. The summed E-state index contributed by atoms with van der Waals surface area (Å²) in [4.78, 5) is 0. The van der Waals surface area contributed by atoms with E-state index >= 15 is 0 Å². The summed E-state index contributed by atoms with van der Waals surface area (Å²) in [6.45, 7) is 2.06. The van der Waals surface area contributed by atoms with E-state index in [1.807, 2.05) is 0 Å². The van der Waals surface area contributed by atoms with E-state index in [2.05, 4.69) is 17.5 Å². The van der Waals surface area contributed by atoms with Crippen LogP contribution in [-0.2, 0) is 4.74 Å². The van der Waals surface area contributed by atoms with Crippen LogP contribution in [0.25, 0.3) is 0 Å². The van der Waals surface area contributed by atoms with E-state index in [9.17, 15) is 0 Å². The average molecular weight is 195 g/mol. The van der Waals surface area contributed by atoms with Gasteiger partial charge >= 0.3 is 0 Å². The molecule has 1 fully saturated rings. The lowest BCUT2D eigenvalue weighted by Crippen LogP contribution is -2.48. The maximum Gasteiger partial charge on any atom is 0.0462 e. The zero-order valence-electron chi connectivity index (χ0n) is 9.04. The van der Waals surface area contributed by atoms with Crippen molar-refractivity contribution in [3.8, 4) is 0 Å². The fourth-order valence-electron chi connectivity index (χ4n) is 2.61. The summed E-state index contributed by atoms with van der Waals surface area (Å²) >= 11 is 0. The molecule has 0 saturated heterocycles. The minimum Gasteiger partial charge on any atom is -0.385 e. The molecule has 1 saturated carbocycles. The van der Waals surface area contributed by atoms with Crippen molar-refractivity contribution in [3.63, 3.8) is 0 Å². The maximum absolute atomic E-state index is 5.02. The molecule has 0 radical (unpaired) electrons. The third kappa shape index (κ3) is 2.18. The highest BCUT2D eigenvalue weighted by Crippen LogP contribution is 2.42. The molecule has 2 rings (SSSR count). The molecular formula is C12H21NO. The second-order valence-corrected chi connectivity index (χ2v) is 4.50. The minimum absolute atomic E-state index is 0.779. The van der Waals surface area contributed by atoms with Crippen LogP contribution in [0.3, 0.4) is 0 Å². The fraction of sp³-hybridized carbons (Fsp3) is 0.833. The van der Waals surface area contributed by atoms with Gasteiger partial charge in [0.05, 0.1) is 0 Å². The van der Waals surface area contributed by atoms with Gasteiger partial charge in [0.25, 0.3) is 0 Å². The molecule has 0 amide bonds. The Labute approximate surface area is 86.7 Å². The summed E-state index contributed by atoms with van der Waals surface area (Å²) in [5, 5.41) is 3.64. The Kier molecular flexibility index (Phi) is 3.60. The standard InChI is InChI=1S/C12H21NO/c1-14-8-3-2-7-13-12-9-10-5-4-6-11(10)12/h4,6,10-13H,2-3,5,7-9H2,1H3. The zero-order valence-corrected chi connectivity index (χ0v) is 9.04.